The molecule has 0 bridgehead atoms. The van der Waals surface area contributed by atoms with Gasteiger partial charge in [0.2, 0.25) is 0 Å². The van der Waals surface area contributed by atoms with Gasteiger partial charge in [0, 0.05) is 11.0 Å². The van der Waals surface area contributed by atoms with Crippen molar-refractivity contribution in [3.63, 3.8) is 0 Å². The van der Waals surface area contributed by atoms with Crippen LogP contribution in [0.1, 0.15) is 25.3 Å². The lowest BCUT2D eigenvalue weighted by atomic mass is 10.2. The molecule has 3 N–H and O–H groups in total. The van der Waals surface area contributed by atoms with Crippen molar-refractivity contribution in [2.24, 2.45) is 10.7 Å². The molecule has 5 heteroatoms. The fourth-order valence-electron chi connectivity index (χ4n) is 1.25. The number of halogens is 2. The Kier molecular flexibility index (Phi) is 9.53. The van der Waals surface area contributed by atoms with Crippen molar-refractivity contribution in [3.8, 4) is 0 Å². The van der Waals surface area contributed by atoms with Crippen LogP contribution < -0.4 is 11.1 Å². The lowest BCUT2D eigenvalue weighted by molar-refractivity contribution is 0.748. The van der Waals surface area contributed by atoms with Crippen LogP contribution in [0.3, 0.4) is 0 Å². The van der Waals surface area contributed by atoms with E-state index in [-0.39, 0.29) is 24.0 Å². The molecule has 0 aliphatic carbocycles. The second-order valence-corrected chi connectivity index (χ2v) is 4.43. The van der Waals surface area contributed by atoms with E-state index in [1.165, 1.54) is 0 Å². The average molecular weight is 412 g/mol. The van der Waals surface area contributed by atoms with Crippen molar-refractivity contribution in [2.75, 3.05) is 6.54 Å². The molecule has 0 heterocycles. The van der Waals surface area contributed by atoms with Gasteiger partial charge in [0.05, 0.1) is 6.54 Å². The summed E-state index contributed by atoms with van der Waals surface area (Å²) in [5.41, 5.74) is 6.88. The number of nitrogens with one attached hydrogen (secondary N) is 1. The van der Waals surface area contributed by atoms with Gasteiger partial charge in [0.15, 0.2) is 5.96 Å². The van der Waals surface area contributed by atoms with E-state index in [1.54, 1.807) is 0 Å². The van der Waals surface area contributed by atoms with Gasteiger partial charge in [-0.05, 0) is 18.1 Å². The number of nitrogens with two attached hydrogens (primary N) is 1. The van der Waals surface area contributed by atoms with E-state index in [0.717, 1.165) is 29.4 Å². The highest BCUT2D eigenvalue weighted by Gasteiger charge is 1.97. The van der Waals surface area contributed by atoms with Crippen molar-refractivity contribution in [1.82, 2.24) is 5.32 Å². The second-order valence-electron chi connectivity index (χ2n) is 3.57. The highest BCUT2D eigenvalue weighted by atomic mass is 127. The second kappa shape index (κ2) is 9.70. The lowest BCUT2D eigenvalue weighted by Gasteiger charge is -2.05. The molecule has 0 aliphatic heterocycles. The van der Waals surface area contributed by atoms with Crippen molar-refractivity contribution in [2.45, 2.75) is 26.3 Å². The molecule has 0 aromatic heterocycles. The molecule has 1 rings (SSSR count). The van der Waals surface area contributed by atoms with E-state index < -0.39 is 0 Å². The minimum atomic E-state index is 0. The zero-order valence-corrected chi connectivity index (χ0v) is 13.9. The SMILES string of the molecule is CCCCNC(N)=NCc1ccccc1Br.I. The number of benzene rings is 1. The van der Waals surface area contributed by atoms with Gasteiger partial charge >= 0.3 is 0 Å². The molecule has 0 saturated carbocycles. The molecule has 3 nitrogen and oxygen atoms in total. The van der Waals surface area contributed by atoms with Crippen LogP contribution in [0.4, 0.5) is 0 Å². The predicted octanol–water partition coefficient (Wildman–Crippen LogP) is 3.27. The molecule has 0 unspecified atom stereocenters. The number of nitrogens with zero attached hydrogens (tertiary/aromatic N) is 1. The summed E-state index contributed by atoms with van der Waals surface area (Å²) in [7, 11) is 0. The smallest absolute Gasteiger partial charge is 0.188 e. The van der Waals surface area contributed by atoms with E-state index in [2.05, 4.69) is 33.2 Å². The Morgan fingerprint density at radius 3 is 2.76 bits per heavy atom. The van der Waals surface area contributed by atoms with E-state index in [9.17, 15) is 0 Å². The number of aliphatic imine (C=N–C) groups is 1. The Hall–Kier alpha value is -0.300. The third-order valence-electron chi connectivity index (χ3n) is 2.21. The maximum absolute atomic E-state index is 5.74. The summed E-state index contributed by atoms with van der Waals surface area (Å²) in [6.07, 6.45) is 2.27. The summed E-state index contributed by atoms with van der Waals surface area (Å²) >= 11 is 3.48. The summed E-state index contributed by atoms with van der Waals surface area (Å²) in [4.78, 5) is 4.28. The van der Waals surface area contributed by atoms with Crippen LogP contribution in [0.2, 0.25) is 0 Å². The van der Waals surface area contributed by atoms with Crippen molar-refractivity contribution in [1.29, 1.82) is 0 Å². The Morgan fingerprint density at radius 1 is 1.41 bits per heavy atom. The third kappa shape index (κ3) is 6.88. The van der Waals surface area contributed by atoms with Crippen molar-refractivity contribution in [3.05, 3.63) is 34.3 Å². The Morgan fingerprint density at radius 2 is 2.12 bits per heavy atom. The zero-order chi connectivity index (χ0) is 11.8. The van der Waals surface area contributed by atoms with Gasteiger partial charge < -0.3 is 11.1 Å². The van der Waals surface area contributed by atoms with E-state index in [1.807, 2.05) is 24.3 Å². The molecule has 0 amide bonds. The van der Waals surface area contributed by atoms with E-state index in [4.69, 9.17) is 5.73 Å². The van der Waals surface area contributed by atoms with Gasteiger partial charge in [-0.1, -0.05) is 47.5 Å². The summed E-state index contributed by atoms with van der Waals surface area (Å²) in [5, 5.41) is 3.09. The fourth-order valence-corrected chi connectivity index (χ4v) is 1.66. The van der Waals surface area contributed by atoms with Gasteiger partial charge in [-0.25, -0.2) is 4.99 Å². The predicted molar refractivity (Wildman–Crippen MR) is 87.8 cm³/mol. The molecule has 0 saturated heterocycles. The molecule has 0 radical (unpaired) electrons. The number of hydrogen-bond acceptors (Lipinski definition) is 1. The van der Waals surface area contributed by atoms with Crippen LogP contribution in [0.5, 0.6) is 0 Å². The summed E-state index contributed by atoms with van der Waals surface area (Å²) in [5.74, 6) is 0.518. The lowest BCUT2D eigenvalue weighted by Crippen LogP contribution is -2.32. The molecule has 0 spiro atoms. The number of guanidine groups is 1. The number of rotatable bonds is 5. The van der Waals surface area contributed by atoms with Crippen molar-refractivity contribution >= 4 is 45.9 Å². The first-order valence-corrected chi connectivity index (χ1v) is 6.30. The quantitative estimate of drug-likeness (QED) is 0.338. The molecule has 1 aromatic carbocycles. The molecule has 17 heavy (non-hydrogen) atoms. The highest BCUT2D eigenvalue weighted by molar-refractivity contribution is 14.0. The van der Waals surface area contributed by atoms with Crippen molar-refractivity contribution < 1.29 is 0 Å². The summed E-state index contributed by atoms with van der Waals surface area (Å²) in [6.45, 7) is 3.64. The topological polar surface area (TPSA) is 50.4 Å². The molecule has 1 aromatic rings. The van der Waals surface area contributed by atoms with Crippen LogP contribution in [0.25, 0.3) is 0 Å². The summed E-state index contributed by atoms with van der Waals surface area (Å²) < 4.78 is 1.07. The van der Waals surface area contributed by atoms with Crippen LogP contribution in [0, 0.1) is 0 Å². The first-order valence-electron chi connectivity index (χ1n) is 5.51. The van der Waals surface area contributed by atoms with E-state index in [0.29, 0.717) is 12.5 Å². The van der Waals surface area contributed by atoms with Gasteiger partial charge in [0.25, 0.3) is 0 Å². The van der Waals surface area contributed by atoms with Gasteiger partial charge in [-0.3, -0.25) is 0 Å². The maximum Gasteiger partial charge on any atom is 0.188 e. The number of hydrogen-bond donors (Lipinski definition) is 2. The Bertz CT molecular complexity index is 355. The Balaban J connectivity index is 0.00000256. The van der Waals surface area contributed by atoms with Gasteiger partial charge in [0.1, 0.15) is 0 Å². The molecule has 0 atom stereocenters. The minimum absolute atomic E-state index is 0. The van der Waals surface area contributed by atoms with Crippen LogP contribution >= 0.6 is 39.9 Å². The van der Waals surface area contributed by atoms with Crippen LogP contribution in [-0.4, -0.2) is 12.5 Å². The monoisotopic (exact) mass is 411 g/mol. The first-order chi connectivity index (χ1) is 7.74. The van der Waals surface area contributed by atoms with Gasteiger partial charge in [-0.2, -0.15) is 0 Å². The van der Waals surface area contributed by atoms with Crippen LogP contribution in [-0.2, 0) is 6.54 Å². The van der Waals surface area contributed by atoms with Crippen LogP contribution in [0.15, 0.2) is 33.7 Å². The minimum Gasteiger partial charge on any atom is -0.370 e. The third-order valence-corrected chi connectivity index (χ3v) is 2.99. The molecule has 0 aliphatic rings. The number of unbranched alkanes of at least 4 members (excludes halogenated alkanes) is 1. The summed E-state index contributed by atoms with van der Waals surface area (Å²) in [6, 6.07) is 8.02. The average Bonchev–Trinajstić information content (AvgIpc) is 2.28. The molecule has 96 valence electrons. The highest BCUT2D eigenvalue weighted by Crippen LogP contribution is 2.16. The molecular weight excluding hydrogens is 393 g/mol. The normalized spacial score (nSPS) is 10.8. The zero-order valence-electron chi connectivity index (χ0n) is 9.95. The molecular formula is C12H19BrIN3. The maximum atomic E-state index is 5.74. The van der Waals surface area contributed by atoms with Gasteiger partial charge in [-0.15, -0.1) is 24.0 Å². The fraction of sp³-hybridized carbons (Fsp3) is 0.417. The van der Waals surface area contributed by atoms with E-state index >= 15 is 0 Å². The largest absolute Gasteiger partial charge is 0.370 e. The Labute approximate surface area is 128 Å². The first kappa shape index (κ1) is 16.7. The standard InChI is InChI=1S/C12H18BrN3.HI/c1-2-3-8-15-12(14)16-9-10-6-4-5-7-11(10)13;/h4-7H,2-3,8-9H2,1H3,(H3,14,15,16);1H. The molecule has 0 fully saturated rings.